The number of hydrogen-bond acceptors (Lipinski definition) is 10. The number of nitrogens with two attached hydrogens (primary N) is 1. The van der Waals surface area contributed by atoms with Crippen LogP contribution in [0.2, 0.25) is 10.0 Å². The number of benzene rings is 2. The van der Waals surface area contributed by atoms with Gasteiger partial charge >= 0.3 is 5.97 Å². The summed E-state index contributed by atoms with van der Waals surface area (Å²) in [6.45, 7) is 0. The smallest absolute Gasteiger partial charge is 0.337 e. The Morgan fingerprint density at radius 1 is 1.20 bits per heavy atom. The molecule has 0 spiro atoms. The summed E-state index contributed by atoms with van der Waals surface area (Å²) in [6.07, 6.45) is 1.51. The topological polar surface area (TPSA) is 162 Å². The van der Waals surface area contributed by atoms with Crippen LogP contribution in [0, 0.1) is 11.3 Å². The normalized spacial score (nSPS) is 16.9. The molecule has 1 aliphatic heterocycles. The largest absolute Gasteiger partial charge is 0.478 e. The van der Waals surface area contributed by atoms with Gasteiger partial charge in [-0.25, -0.2) is 4.79 Å². The number of Topliss-reactive ketones (excluding diaryl/α,β-unsaturated/α-hetero) is 1. The Morgan fingerprint density at radius 2 is 1.98 bits per heavy atom. The summed E-state index contributed by atoms with van der Waals surface area (Å²) < 4.78 is 0.460. The first-order valence-corrected chi connectivity index (χ1v) is 14.7. The molecule has 1 amide bonds. The zero-order valence-electron chi connectivity index (χ0n) is 21.1. The van der Waals surface area contributed by atoms with Gasteiger partial charge in [0.2, 0.25) is 11.0 Å². The molecular weight excluding hydrogens is 607 g/mol. The third-order valence-corrected chi connectivity index (χ3v) is 9.24. The highest BCUT2D eigenvalue weighted by Crippen LogP contribution is 2.48. The second kappa shape index (κ2) is 11.9. The van der Waals surface area contributed by atoms with E-state index in [-0.39, 0.29) is 39.4 Å². The number of ketones is 1. The number of aromatic nitrogens is 2. The van der Waals surface area contributed by atoms with Gasteiger partial charge in [-0.05, 0) is 42.7 Å². The fourth-order valence-corrected chi connectivity index (χ4v) is 6.89. The number of carbonyl (C=O) groups is 3. The number of nitriles is 1. The van der Waals surface area contributed by atoms with E-state index in [2.05, 4.69) is 21.6 Å². The van der Waals surface area contributed by atoms with Crippen LogP contribution in [0.5, 0.6) is 0 Å². The molecule has 0 fully saturated rings. The molecule has 3 aromatic rings. The maximum absolute atomic E-state index is 13.3. The van der Waals surface area contributed by atoms with Crippen molar-refractivity contribution in [2.75, 3.05) is 16.0 Å². The van der Waals surface area contributed by atoms with E-state index in [1.807, 2.05) is 0 Å². The zero-order valence-corrected chi connectivity index (χ0v) is 24.2. The van der Waals surface area contributed by atoms with Crippen molar-refractivity contribution in [3.8, 4) is 6.07 Å². The quantitative estimate of drug-likeness (QED) is 0.282. The summed E-state index contributed by atoms with van der Waals surface area (Å²) in [7, 11) is 0. The first kappa shape index (κ1) is 28.6. The van der Waals surface area contributed by atoms with Gasteiger partial charge in [0, 0.05) is 28.4 Å². The van der Waals surface area contributed by atoms with Crippen molar-refractivity contribution >= 4 is 74.8 Å². The summed E-state index contributed by atoms with van der Waals surface area (Å²) in [6, 6.07) is 13.4. The molecule has 0 radical (unpaired) electrons. The highest BCUT2D eigenvalue weighted by Gasteiger charge is 2.41. The number of aromatic carboxylic acids is 1. The number of thioether (sulfide) groups is 1. The molecule has 0 bridgehead atoms. The highest BCUT2D eigenvalue weighted by molar-refractivity contribution is 8.01. The molecular formula is C27H20Cl2N6O4S2. The van der Waals surface area contributed by atoms with Gasteiger partial charge in [0.1, 0.15) is 5.82 Å². The summed E-state index contributed by atoms with van der Waals surface area (Å²) in [5.41, 5.74) is 8.69. The molecule has 1 atom stereocenters. The van der Waals surface area contributed by atoms with Gasteiger partial charge in [0.05, 0.1) is 33.9 Å². The Labute approximate surface area is 252 Å². The minimum absolute atomic E-state index is 0.0323. The number of hydrogen-bond donors (Lipinski definition) is 3. The maximum atomic E-state index is 13.3. The Morgan fingerprint density at radius 3 is 2.71 bits per heavy atom. The van der Waals surface area contributed by atoms with Gasteiger partial charge in [-0.15, -0.1) is 10.2 Å². The molecule has 10 nitrogen and oxygen atoms in total. The van der Waals surface area contributed by atoms with Crippen LogP contribution in [0.25, 0.3) is 0 Å². The zero-order chi connectivity index (χ0) is 29.3. The van der Waals surface area contributed by atoms with Crippen LogP contribution in [0.15, 0.2) is 69.5 Å². The van der Waals surface area contributed by atoms with Gasteiger partial charge in [-0.1, -0.05) is 64.5 Å². The SMILES string of the molecule is N#CC1=C(N)N(c2nnc(SCC(=O)Nc3ccc(Cl)c(C(=O)O)c3)s2)C2=C(C(=O)CCC2)C1c1ccccc1Cl. The molecule has 41 heavy (non-hydrogen) atoms. The lowest BCUT2D eigenvalue weighted by atomic mass is 9.76. The minimum atomic E-state index is -1.21. The lowest BCUT2D eigenvalue weighted by Gasteiger charge is -2.38. The molecule has 0 saturated heterocycles. The van der Waals surface area contributed by atoms with Crippen LogP contribution in [0.1, 0.15) is 41.1 Å². The first-order chi connectivity index (χ1) is 19.7. The van der Waals surface area contributed by atoms with E-state index >= 15 is 0 Å². The summed E-state index contributed by atoms with van der Waals surface area (Å²) in [5, 5.41) is 31.3. The predicted octanol–water partition coefficient (Wildman–Crippen LogP) is 5.58. The van der Waals surface area contributed by atoms with E-state index in [0.717, 1.165) is 11.8 Å². The molecule has 208 valence electrons. The Bertz CT molecular complexity index is 1700. The van der Waals surface area contributed by atoms with Crippen LogP contribution >= 0.6 is 46.3 Å². The van der Waals surface area contributed by atoms with Crippen LogP contribution in [0.3, 0.4) is 0 Å². The number of amides is 1. The molecule has 14 heteroatoms. The molecule has 2 aliphatic rings. The van der Waals surface area contributed by atoms with Crippen molar-refractivity contribution < 1.29 is 19.5 Å². The molecule has 1 aliphatic carbocycles. The van der Waals surface area contributed by atoms with Crippen molar-refractivity contribution in [2.45, 2.75) is 29.5 Å². The number of carbonyl (C=O) groups excluding carboxylic acids is 2. The monoisotopic (exact) mass is 626 g/mol. The Balaban J connectivity index is 1.39. The Kier molecular flexibility index (Phi) is 8.32. The number of nitrogens with zero attached hydrogens (tertiary/aromatic N) is 4. The summed E-state index contributed by atoms with van der Waals surface area (Å²) >= 11 is 14.7. The maximum Gasteiger partial charge on any atom is 0.337 e. The summed E-state index contributed by atoms with van der Waals surface area (Å²) in [5.74, 6) is -2.25. The third kappa shape index (κ3) is 5.67. The predicted molar refractivity (Wildman–Crippen MR) is 157 cm³/mol. The molecule has 2 heterocycles. The van der Waals surface area contributed by atoms with Crippen LogP contribution in [-0.2, 0) is 9.59 Å². The van der Waals surface area contributed by atoms with E-state index in [1.54, 1.807) is 29.2 Å². The number of nitrogens with one attached hydrogen (secondary N) is 1. The number of anilines is 2. The van der Waals surface area contributed by atoms with Gasteiger partial charge in [-0.3, -0.25) is 14.5 Å². The van der Waals surface area contributed by atoms with Crippen LogP contribution in [-0.4, -0.2) is 38.7 Å². The molecule has 1 unspecified atom stereocenters. The standard InChI is InChI=1S/C27H20Cl2N6O4S2/c28-17-5-2-1-4-14(17)22-16(11-30)24(31)35(19-6-3-7-20(36)23(19)22)26-33-34-27(41-26)40-12-21(37)32-13-8-9-18(29)15(10-13)25(38)39/h1-2,4-5,8-10,22H,3,6-7,12,31H2,(H,32,37)(H,38,39). The lowest BCUT2D eigenvalue weighted by Crippen LogP contribution is -2.38. The number of halogens is 2. The summed E-state index contributed by atoms with van der Waals surface area (Å²) in [4.78, 5) is 38.7. The van der Waals surface area contributed by atoms with Gasteiger partial charge < -0.3 is 16.2 Å². The van der Waals surface area contributed by atoms with Crippen molar-refractivity contribution in [3.05, 3.63) is 86.3 Å². The molecule has 1 aromatic heterocycles. The third-order valence-electron chi connectivity index (χ3n) is 6.52. The molecule has 0 saturated carbocycles. The second-order valence-electron chi connectivity index (χ2n) is 9.02. The number of allylic oxidation sites excluding steroid dienone is 3. The second-order valence-corrected chi connectivity index (χ2v) is 12.0. The number of rotatable bonds is 7. The van der Waals surface area contributed by atoms with E-state index in [0.29, 0.717) is 56.3 Å². The van der Waals surface area contributed by atoms with E-state index in [4.69, 9.17) is 28.9 Å². The molecule has 2 aromatic carbocycles. The minimum Gasteiger partial charge on any atom is -0.478 e. The average Bonchev–Trinajstić information content (AvgIpc) is 3.41. The van der Waals surface area contributed by atoms with Gasteiger partial charge in [0.25, 0.3) is 0 Å². The fraction of sp³-hybridized carbons (Fsp3) is 0.185. The fourth-order valence-electron chi connectivity index (χ4n) is 4.77. The average molecular weight is 628 g/mol. The van der Waals surface area contributed by atoms with Crippen molar-refractivity contribution in [1.82, 2.24) is 10.2 Å². The first-order valence-electron chi connectivity index (χ1n) is 12.2. The lowest BCUT2D eigenvalue weighted by molar-refractivity contribution is -0.116. The van der Waals surface area contributed by atoms with Crippen molar-refractivity contribution in [1.29, 1.82) is 5.26 Å². The van der Waals surface area contributed by atoms with E-state index in [1.165, 1.54) is 29.5 Å². The van der Waals surface area contributed by atoms with Crippen molar-refractivity contribution in [3.63, 3.8) is 0 Å². The van der Waals surface area contributed by atoms with Crippen molar-refractivity contribution in [2.24, 2.45) is 5.73 Å². The molecule has 5 rings (SSSR count). The highest BCUT2D eigenvalue weighted by atomic mass is 35.5. The number of carboxylic acids is 1. The van der Waals surface area contributed by atoms with Crippen LogP contribution < -0.4 is 16.0 Å². The van der Waals surface area contributed by atoms with Gasteiger partial charge in [-0.2, -0.15) is 5.26 Å². The number of carboxylic acid groups (broad SMARTS) is 1. The Hall–Kier alpha value is -3.89. The van der Waals surface area contributed by atoms with Crippen LogP contribution in [0.4, 0.5) is 10.8 Å². The van der Waals surface area contributed by atoms with Gasteiger partial charge in [0.15, 0.2) is 10.1 Å². The molecule has 4 N–H and O–H groups in total. The van der Waals surface area contributed by atoms with E-state index < -0.39 is 11.9 Å². The van der Waals surface area contributed by atoms with E-state index in [9.17, 15) is 24.8 Å².